The molecule has 4 heterocycles. The van der Waals surface area contributed by atoms with Gasteiger partial charge in [0.05, 0.1) is 16.5 Å². The standard InChI is InChI=1S/C16H13N2O4.C12H9N4.Li/c1-2-4-9-5-3-6-10-13(9)16(22)18(15(10)21)11-7-8-12(19)17-14(11)20;1-2-4-9(5-3-1)16-12-10-6-7-13-11(10)14-8-15-12;/h1-3,5-6,11H,4,7-8H2,(H,17,19,20);2-8H,(H2,13,14,15,16);/q2*-1;+1. The third-order valence-corrected chi connectivity index (χ3v) is 6.23. The molecule has 11 heteroatoms. The molecular formula is C28H22LiN6O4-. The van der Waals surface area contributed by atoms with E-state index in [1.165, 1.54) is 12.4 Å². The minimum atomic E-state index is -0.945. The van der Waals surface area contributed by atoms with Crippen molar-refractivity contribution in [2.24, 2.45) is 0 Å². The normalized spacial score (nSPS) is 16.1. The number of rotatable bonds is 5. The summed E-state index contributed by atoms with van der Waals surface area (Å²) in [5, 5.41) is 6.39. The molecule has 1 unspecified atom stereocenters. The van der Waals surface area contributed by atoms with Crippen LogP contribution in [0.1, 0.15) is 39.1 Å². The molecule has 39 heavy (non-hydrogen) atoms. The van der Waals surface area contributed by atoms with Crippen molar-refractivity contribution in [1.29, 1.82) is 0 Å². The summed E-state index contributed by atoms with van der Waals surface area (Å²) in [5.41, 5.74) is 3.03. The number of anilines is 2. The Bertz CT molecular complexity index is 1570. The Balaban J connectivity index is 0.000000184. The quantitative estimate of drug-likeness (QED) is 0.196. The zero-order valence-corrected chi connectivity index (χ0v) is 21.1. The molecule has 2 aliphatic heterocycles. The van der Waals surface area contributed by atoms with Gasteiger partial charge >= 0.3 is 18.9 Å². The molecule has 0 saturated carbocycles. The first-order valence-corrected chi connectivity index (χ1v) is 11.9. The maximum absolute atomic E-state index is 12.6. The number of carbonyl (C=O) groups is 4. The number of amides is 4. The van der Waals surface area contributed by atoms with Crippen LogP contribution in [-0.4, -0.2) is 49.5 Å². The number of aromatic amines is 1. The summed E-state index contributed by atoms with van der Waals surface area (Å²) in [4.78, 5) is 60.6. The van der Waals surface area contributed by atoms with E-state index in [9.17, 15) is 19.2 Å². The molecule has 2 aliphatic rings. The maximum Gasteiger partial charge on any atom is 1.00 e. The first-order valence-electron chi connectivity index (χ1n) is 11.9. The van der Waals surface area contributed by atoms with Gasteiger partial charge in [-0.2, -0.15) is 18.2 Å². The van der Waals surface area contributed by atoms with Crippen LogP contribution in [0.25, 0.3) is 11.0 Å². The molecule has 10 nitrogen and oxygen atoms in total. The summed E-state index contributed by atoms with van der Waals surface area (Å²) >= 11 is 0. The Morgan fingerprint density at radius 2 is 1.87 bits per heavy atom. The Kier molecular flexibility index (Phi) is 8.39. The average molecular weight is 513 g/mol. The van der Waals surface area contributed by atoms with Gasteiger partial charge in [-0.1, -0.05) is 17.8 Å². The number of allylic oxidation sites excluding steroid dienone is 1. The van der Waals surface area contributed by atoms with E-state index in [0.29, 0.717) is 17.5 Å². The largest absolute Gasteiger partial charge is 1.00 e. The molecule has 0 radical (unpaired) electrons. The first kappa shape index (κ1) is 27.5. The smallest absolute Gasteiger partial charge is 0.518 e. The zero-order chi connectivity index (χ0) is 26.6. The van der Waals surface area contributed by atoms with Crippen LogP contribution in [-0.2, 0) is 16.0 Å². The topological polar surface area (TPSA) is 137 Å². The molecule has 6 rings (SSSR count). The predicted molar refractivity (Wildman–Crippen MR) is 138 cm³/mol. The van der Waals surface area contributed by atoms with E-state index in [4.69, 9.17) is 6.58 Å². The van der Waals surface area contributed by atoms with Crippen LogP contribution in [0.5, 0.6) is 0 Å². The summed E-state index contributed by atoms with van der Waals surface area (Å²) in [7, 11) is 0. The molecule has 4 amide bonds. The molecule has 0 spiro atoms. The molecule has 190 valence electrons. The number of imide groups is 2. The molecule has 0 aliphatic carbocycles. The van der Waals surface area contributed by atoms with Crippen molar-refractivity contribution in [3.8, 4) is 0 Å². The Morgan fingerprint density at radius 1 is 1.08 bits per heavy atom. The fraction of sp³-hybridized carbons (Fsp3) is 0.143. The van der Waals surface area contributed by atoms with Gasteiger partial charge in [0.25, 0.3) is 11.8 Å². The second-order valence-electron chi connectivity index (χ2n) is 8.60. The van der Waals surface area contributed by atoms with Gasteiger partial charge in [0.15, 0.2) is 0 Å². The molecule has 2 aromatic carbocycles. The number of nitrogens with zero attached hydrogens (tertiary/aromatic N) is 3. The Morgan fingerprint density at radius 3 is 2.62 bits per heavy atom. The van der Waals surface area contributed by atoms with Crippen LogP contribution in [0.15, 0.2) is 67.1 Å². The van der Waals surface area contributed by atoms with E-state index in [1.54, 1.807) is 18.2 Å². The number of nitrogens with one attached hydrogen (secondary N) is 3. The fourth-order valence-electron chi connectivity index (χ4n) is 4.46. The third kappa shape index (κ3) is 5.53. The summed E-state index contributed by atoms with van der Waals surface area (Å²) < 4.78 is 0. The van der Waals surface area contributed by atoms with Crippen molar-refractivity contribution < 1.29 is 38.0 Å². The van der Waals surface area contributed by atoms with E-state index in [2.05, 4.69) is 31.7 Å². The minimum Gasteiger partial charge on any atom is -0.518 e. The number of hydrogen-bond donors (Lipinski definition) is 3. The maximum atomic E-state index is 12.6. The second-order valence-corrected chi connectivity index (χ2v) is 8.60. The predicted octanol–water partition coefficient (Wildman–Crippen LogP) is 0.125. The Hall–Kier alpha value is -4.52. The van der Waals surface area contributed by atoms with Crippen molar-refractivity contribution in [3.05, 3.63) is 96.5 Å². The molecule has 1 fully saturated rings. The SMILES string of the molecule is [CH-]=CCc1cccc2c1C(=O)N(C1CCC(=O)NC1=O)C2=O.[Li+].[c-]1ccc(Nc2ncnc3[nH]ccc23)cc1. The fourth-order valence-corrected chi connectivity index (χ4v) is 4.46. The first-order chi connectivity index (χ1) is 18.5. The van der Waals surface area contributed by atoms with Crippen molar-refractivity contribution in [1.82, 2.24) is 25.2 Å². The molecular weight excluding hydrogens is 491 g/mol. The minimum absolute atomic E-state index is 0. The van der Waals surface area contributed by atoms with Crippen molar-refractivity contribution >= 4 is 46.2 Å². The van der Waals surface area contributed by atoms with Gasteiger partial charge in [0.1, 0.15) is 23.8 Å². The van der Waals surface area contributed by atoms with Gasteiger partial charge in [-0.05, 0) is 30.5 Å². The van der Waals surface area contributed by atoms with Crippen LogP contribution in [0.3, 0.4) is 0 Å². The van der Waals surface area contributed by atoms with E-state index in [-0.39, 0.29) is 37.3 Å². The van der Waals surface area contributed by atoms with Gasteiger partial charge in [-0.3, -0.25) is 35.5 Å². The molecule has 3 N–H and O–H groups in total. The molecule has 1 saturated heterocycles. The number of fused-ring (bicyclic) bond motifs is 2. The summed E-state index contributed by atoms with van der Waals surface area (Å²) in [6.45, 7) is 5.41. The van der Waals surface area contributed by atoms with E-state index in [0.717, 1.165) is 27.4 Å². The number of H-pyrrole nitrogens is 1. The Labute approximate surface area is 236 Å². The van der Waals surface area contributed by atoms with Crippen molar-refractivity contribution in [3.63, 3.8) is 0 Å². The van der Waals surface area contributed by atoms with Crippen molar-refractivity contribution in [2.75, 3.05) is 5.32 Å². The summed E-state index contributed by atoms with van der Waals surface area (Å²) in [6, 6.07) is 16.5. The molecule has 1 atom stereocenters. The molecule has 0 bridgehead atoms. The monoisotopic (exact) mass is 513 g/mol. The summed E-state index contributed by atoms with van der Waals surface area (Å²) in [5.74, 6) is -1.22. The van der Waals surface area contributed by atoms with Crippen LogP contribution >= 0.6 is 0 Å². The van der Waals surface area contributed by atoms with Crippen LogP contribution in [0, 0.1) is 12.6 Å². The van der Waals surface area contributed by atoms with Crippen LogP contribution in [0.4, 0.5) is 11.5 Å². The number of carbonyl (C=O) groups excluding carboxylic acids is 4. The van der Waals surface area contributed by atoms with E-state index < -0.39 is 29.7 Å². The number of piperidine rings is 1. The van der Waals surface area contributed by atoms with Gasteiger partial charge in [-0.15, -0.1) is 12.1 Å². The molecule has 4 aromatic rings. The number of aromatic nitrogens is 3. The van der Waals surface area contributed by atoms with Gasteiger partial charge in [-0.25, -0.2) is 9.97 Å². The van der Waals surface area contributed by atoms with E-state index >= 15 is 0 Å². The number of benzene rings is 2. The van der Waals surface area contributed by atoms with Gasteiger partial charge in [0, 0.05) is 12.6 Å². The summed E-state index contributed by atoms with van der Waals surface area (Å²) in [6.07, 6.45) is 5.40. The van der Waals surface area contributed by atoms with E-state index in [1.807, 2.05) is 36.5 Å². The van der Waals surface area contributed by atoms with Crippen LogP contribution < -0.4 is 29.5 Å². The van der Waals surface area contributed by atoms with Gasteiger partial charge < -0.3 is 16.9 Å². The molecule has 2 aromatic heterocycles. The zero-order valence-electron chi connectivity index (χ0n) is 21.1. The van der Waals surface area contributed by atoms with Gasteiger partial charge in [0.2, 0.25) is 11.8 Å². The third-order valence-electron chi connectivity index (χ3n) is 6.23. The van der Waals surface area contributed by atoms with Crippen LogP contribution in [0.2, 0.25) is 0 Å². The average Bonchev–Trinajstić information content (AvgIpc) is 3.50. The van der Waals surface area contributed by atoms with Crippen molar-refractivity contribution in [2.45, 2.75) is 25.3 Å². The second kappa shape index (κ2) is 11.9. The number of hydrogen-bond acceptors (Lipinski definition) is 7.